The smallest absolute Gasteiger partial charge is 0.0368 e. The lowest BCUT2D eigenvalue weighted by molar-refractivity contribution is 0.313. The minimum Gasteiger partial charge on any atom is -0.383 e. The van der Waals surface area contributed by atoms with E-state index in [0.29, 0.717) is 5.92 Å². The Bertz CT molecular complexity index is 407. The van der Waals surface area contributed by atoms with E-state index in [4.69, 9.17) is 5.73 Å². The van der Waals surface area contributed by atoms with Gasteiger partial charge in [-0.25, -0.2) is 0 Å². The fourth-order valence-corrected chi connectivity index (χ4v) is 2.79. The zero-order valence-electron chi connectivity index (χ0n) is 13.7. The molecule has 2 rings (SSSR count). The molecule has 0 aliphatic carbocycles. The highest BCUT2D eigenvalue weighted by molar-refractivity contribution is 5.55. The lowest BCUT2D eigenvalue weighted by atomic mass is 10.0. The second kappa shape index (κ2) is 7.66. The zero-order chi connectivity index (χ0) is 15.2. The van der Waals surface area contributed by atoms with Crippen LogP contribution in [0.3, 0.4) is 0 Å². The van der Waals surface area contributed by atoms with Crippen molar-refractivity contribution in [3.63, 3.8) is 0 Å². The summed E-state index contributed by atoms with van der Waals surface area (Å²) in [5.74, 6) is 0.654. The summed E-state index contributed by atoms with van der Waals surface area (Å²) in [6.07, 6.45) is 1.06. The molecule has 1 heterocycles. The number of nitrogens with one attached hydrogen (secondary N) is 1. The highest BCUT2D eigenvalue weighted by atomic mass is 15.2. The molecule has 1 aromatic rings. The maximum absolute atomic E-state index is 6.11. The lowest BCUT2D eigenvalue weighted by Gasteiger charge is -2.34. The predicted octanol–water partition coefficient (Wildman–Crippen LogP) is 2.22. The first-order valence-electron chi connectivity index (χ1n) is 8.07. The van der Waals surface area contributed by atoms with Crippen LogP contribution in [-0.4, -0.2) is 50.7 Å². The van der Waals surface area contributed by atoms with Crippen LogP contribution in [0.2, 0.25) is 0 Å². The van der Waals surface area contributed by atoms with E-state index < -0.39 is 0 Å². The van der Waals surface area contributed by atoms with Gasteiger partial charge in [0.1, 0.15) is 0 Å². The lowest BCUT2D eigenvalue weighted by Crippen LogP contribution is -2.44. The Balaban J connectivity index is 1.81. The van der Waals surface area contributed by atoms with Crippen molar-refractivity contribution in [2.24, 2.45) is 11.7 Å². The molecule has 0 spiro atoms. The molecular formula is C17H30N4. The largest absolute Gasteiger partial charge is 0.383 e. The van der Waals surface area contributed by atoms with E-state index in [1.807, 2.05) is 0 Å². The van der Waals surface area contributed by atoms with Gasteiger partial charge in [0.2, 0.25) is 0 Å². The summed E-state index contributed by atoms with van der Waals surface area (Å²) in [7, 11) is 2.19. The van der Waals surface area contributed by atoms with Gasteiger partial charge in [-0.1, -0.05) is 13.8 Å². The molecule has 1 unspecified atom stereocenters. The highest BCUT2D eigenvalue weighted by Crippen LogP contribution is 2.19. The van der Waals surface area contributed by atoms with Crippen molar-refractivity contribution in [1.29, 1.82) is 0 Å². The van der Waals surface area contributed by atoms with Crippen molar-refractivity contribution in [3.8, 4) is 0 Å². The van der Waals surface area contributed by atoms with E-state index in [9.17, 15) is 0 Å². The van der Waals surface area contributed by atoms with Crippen molar-refractivity contribution >= 4 is 11.4 Å². The number of nitrogens with two attached hydrogens (primary N) is 1. The highest BCUT2D eigenvalue weighted by Gasteiger charge is 2.14. The van der Waals surface area contributed by atoms with Crippen LogP contribution in [0.4, 0.5) is 11.4 Å². The summed E-state index contributed by atoms with van der Waals surface area (Å²) in [6.45, 7) is 9.78. The quantitative estimate of drug-likeness (QED) is 0.843. The second-order valence-corrected chi connectivity index (χ2v) is 6.61. The Morgan fingerprint density at radius 1 is 1.10 bits per heavy atom. The molecule has 1 saturated heterocycles. The van der Waals surface area contributed by atoms with Gasteiger partial charge in [-0.2, -0.15) is 0 Å². The van der Waals surface area contributed by atoms with Gasteiger partial charge in [-0.15, -0.1) is 0 Å². The van der Waals surface area contributed by atoms with E-state index in [-0.39, 0.29) is 6.04 Å². The van der Waals surface area contributed by atoms with Crippen LogP contribution in [0.15, 0.2) is 24.3 Å². The summed E-state index contributed by atoms with van der Waals surface area (Å²) >= 11 is 0. The molecule has 0 amide bonds. The Kier molecular flexibility index (Phi) is 5.88. The van der Waals surface area contributed by atoms with Crippen molar-refractivity contribution in [1.82, 2.24) is 4.90 Å². The van der Waals surface area contributed by atoms with Crippen molar-refractivity contribution in [2.75, 3.05) is 50.0 Å². The topological polar surface area (TPSA) is 44.5 Å². The van der Waals surface area contributed by atoms with Crippen molar-refractivity contribution < 1.29 is 0 Å². The Hall–Kier alpha value is -1.26. The van der Waals surface area contributed by atoms with Crippen LogP contribution >= 0.6 is 0 Å². The Morgan fingerprint density at radius 2 is 1.71 bits per heavy atom. The van der Waals surface area contributed by atoms with Crippen molar-refractivity contribution in [3.05, 3.63) is 24.3 Å². The number of hydrogen-bond acceptors (Lipinski definition) is 4. The Labute approximate surface area is 129 Å². The molecule has 0 bridgehead atoms. The predicted molar refractivity (Wildman–Crippen MR) is 92.1 cm³/mol. The molecule has 118 valence electrons. The number of likely N-dealkylation sites (N-methyl/N-ethyl adjacent to an activating group) is 1. The number of hydrogen-bond donors (Lipinski definition) is 2. The zero-order valence-corrected chi connectivity index (χ0v) is 13.7. The maximum Gasteiger partial charge on any atom is 0.0368 e. The van der Waals surface area contributed by atoms with Crippen LogP contribution in [0.5, 0.6) is 0 Å². The van der Waals surface area contributed by atoms with Gasteiger partial charge in [0, 0.05) is 50.1 Å². The van der Waals surface area contributed by atoms with Crippen molar-refractivity contribution in [2.45, 2.75) is 26.3 Å². The van der Waals surface area contributed by atoms with E-state index >= 15 is 0 Å². The third-order valence-electron chi connectivity index (χ3n) is 4.08. The summed E-state index contributed by atoms with van der Waals surface area (Å²) in [6, 6.07) is 8.97. The number of nitrogens with zero attached hydrogens (tertiary/aromatic N) is 2. The number of anilines is 2. The van der Waals surface area contributed by atoms with Crippen LogP contribution in [0, 0.1) is 5.92 Å². The number of benzene rings is 1. The average Bonchev–Trinajstić information content (AvgIpc) is 2.46. The molecule has 0 saturated carbocycles. The molecule has 1 fully saturated rings. The molecule has 1 atom stereocenters. The SMILES string of the molecule is CC(C)CC(N)CNc1ccc(N2CCN(C)CC2)cc1. The molecule has 1 aliphatic heterocycles. The van der Waals surface area contributed by atoms with Crippen LogP contribution in [0.1, 0.15) is 20.3 Å². The van der Waals surface area contributed by atoms with Gasteiger partial charge in [0.05, 0.1) is 0 Å². The first kappa shape index (κ1) is 16.1. The van der Waals surface area contributed by atoms with Gasteiger partial charge in [0.25, 0.3) is 0 Å². The number of rotatable bonds is 6. The van der Waals surface area contributed by atoms with Gasteiger partial charge in [-0.3, -0.25) is 0 Å². The molecule has 1 aliphatic rings. The normalized spacial score (nSPS) is 18.0. The minimum absolute atomic E-state index is 0.224. The molecule has 1 aromatic carbocycles. The summed E-state index contributed by atoms with van der Waals surface area (Å²) in [5, 5.41) is 3.44. The third kappa shape index (κ3) is 5.21. The summed E-state index contributed by atoms with van der Waals surface area (Å²) < 4.78 is 0. The van der Waals surface area contributed by atoms with Gasteiger partial charge < -0.3 is 20.9 Å². The second-order valence-electron chi connectivity index (χ2n) is 6.61. The average molecular weight is 290 g/mol. The first-order valence-corrected chi connectivity index (χ1v) is 8.07. The molecule has 0 radical (unpaired) electrons. The van der Waals surface area contributed by atoms with E-state index in [1.165, 1.54) is 5.69 Å². The van der Waals surface area contributed by atoms with Crippen LogP contribution in [0.25, 0.3) is 0 Å². The molecule has 3 N–H and O–H groups in total. The van der Waals surface area contributed by atoms with Gasteiger partial charge >= 0.3 is 0 Å². The van der Waals surface area contributed by atoms with Gasteiger partial charge in [0.15, 0.2) is 0 Å². The van der Waals surface area contributed by atoms with Crippen LogP contribution in [-0.2, 0) is 0 Å². The standard InChI is InChI=1S/C17H30N4/c1-14(2)12-15(18)13-19-16-4-6-17(7-5-16)21-10-8-20(3)9-11-21/h4-7,14-15,19H,8-13,18H2,1-3H3. The fourth-order valence-electron chi connectivity index (χ4n) is 2.79. The Morgan fingerprint density at radius 3 is 2.29 bits per heavy atom. The fraction of sp³-hybridized carbons (Fsp3) is 0.647. The minimum atomic E-state index is 0.224. The van der Waals surface area contributed by atoms with E-state index in [0.717, 1.165) is 44.8 Å². The monoisotopic (exact) mass is 290 g/mol. The molecule has 21 heavy (non-hydrogen) atoms. The maximum atomic E-state index is 6.11. The van der Waals surface area contributed by atoms with E-state index in [1.54, 1.807) is 0 Å². The third-order valence-corrected chi connectivity index (χ3v) is 4.08. The number of piperazine rings is 1. The van der Waals surface area contributed by atoms with Crippen LogP contribution < -0.4 is 16.0 Å². The molecule has 0 aromatic heterocycles. The summed E-state index contributed by atoms with van der Waals surface area (Å²) in [5.41, 5.74) is 8.59. The molecule has 4 heteroatoms. The first-order chi connectivity index (χ1) is 10.0. The van der Waals surface area contributed by atoms with Gasteiger partial charge in [-0.05, 0) is 43.7 Å². The molecule has 4 nitrogen and oxygen atoms in total. The molecular weight excluding hydrogens is 260 g/mol. The van der Waals surface area contributed by atoms with E-state index in [2.05, 4.69) is 60.3 Å². The summed E-state index contributed by atoms with van der Waals surface area (Å²) in [4.78, 5) is 4.83.